The summed E-state index contributed by atoms with van der Waals surface area (Å²) in [5.74, 6) is -1.38. The number of barbiturate groups is 1. The monoisotopic (exact) mass is 246 g/mol. The molecule has 0 aliphatic carbocycles. The van der Waals surface area contributed by atoms with E-state index in [0.717, 1.165) is 4.90 Å². The number of carbonyl (C=O) groups excluding carboxylic acids is 3. The summed E-state index contributed by atoms with van der Waals surface area (Å²) in [7, 11) is 1.33. The summed E-state index contributed by atoms with van der Waals surface area (Å²) in [5.41, 5.74) is -1.26. The average molecular weight is 246 g/mol. The maximum Gasteiger partial charge on any atom is 1.00 e. The predicted octanol–water partition coefficient (Wildman–Crippen LogP) is -1.30. The second-order valence-corrected chi connectivity index (χ2v) is 4.18. The standard InChI is InChI=1S/C11H16N2O3.Na/c1-5-6-11(7(2)3)8(14)12-10(16)13(4)9(11)15;/h5,7H,1,6H2,2-4H3,(H,12,14,16);/q;+1/p-1. The molecule has 4 amide bonds. The van der Waals surface area contributed by atoms with Gasteiger partial charge in [0.1, 0.15) is 0 Å². The molecule has 0 aromatic rings. The molecule has 1 aliphatic heterocycles. The Labute approximate surface area is 123 Å². The molecule has 17 heavy (non-hydrogen) atoms. The van der Waals surface area contributed by atoms with Gasteiger partial charge in [-0.2, -0.15) is 0 Å². The Kier molecular flexibility index (Phi) is 5.58. The van der Waals surface area contributed by atoms with Gasteiger partial charge in [0.2, 0.25) is 0 Å². The molecule has 0 aromatic heterocycles. The van der Waals surface area contributed by atoms with E-state index in [0.29, 0.717) is 0 Å². The third-order valence-electron chi connectivity index (χ3n) is 3.00. The van der Waals surface area contributed by atoms with Crippen molar-refractivity contribution in [3.05, 3.63) is 18.0 Å². The molecule has 1 rings (SSSR count). The van der Waals surface area contributed by atoms with Gasteiger partial charge in [0.15, 0.2) is 17.8 Å². The molecule has 0 N–H and O–H groups in total. The minimum atomic E-state index is -1.26. The van der Waals surface area contributed by atoms with E-state index in [4.69, 9.17) is 0 Å². The first kappa shape index (κ1) is 16.4. The van der Waals surface area contributed by atoms with Crippen LogP contribution in [0.5, 0.6) is 0 Å². The number of allylic oxidation sites excluding steroid dienone is 1. The summed E-state index contributed by atoms with van der Waals surface area (Å²) >= 11 is 0. The molecule has 5 nitrogen and oxygen atoms in total. The number of hydrogen-bond donors (Lipinski definition) is 0. The van der Waals surface area contributed by atoms with Gasteiger partial charge in [-0.05, 0) is 12.3 Å². The summed E-state index contributed by atoms with van der Waals surface area (Å²) < 4.78 is 0. The Morgan fingerprint density at radius 3 is 2.35 bits per heavy atom. The van der Waals surface area contributed by atoms with Crippen LogP contribution in [0.25, 0.3) is 5.32 Å². The Morgan fingerprint density at radius 1 is 1.41 bits per heavy atom. The van der Waals surface area contributed by atoms with Crippen LogP contribution in [-0.2, 0) is 9.59 Å². The van der Waals surface area contributed by atoms with Crippen LogP contribution >= 0.6 is 0 Å². The van der Waals surface area contributed by atoms with Gasteiger partial charge in [-0.1, -0.05) is 27.0 Å². The Morgan fingerprint density at radius 2 is 1.94 bits per heavy atom. The largest absolute Gasteiger partial charge is 1.00 e. The van der Waals surface area contributed by atoms with Crippen molar-refractivity contribution in [3.63, 3.8) is 0 Å². The van der Waals surface area contributed by atoms with Crippen LogP contribution in [0, 0.1) is 11.3 Å². The number of hydrogen-bond acceptors (Lipinski definition) is 3. The third kappa shape index (κ3) is 2.46. The van der Waals surface area contributed by atoms with E-state index in [1.807, 2.05) is 0 Å². The Hall–Kier alpha value is -0.650. The molecule has 1 aliphatic rings. The normalized spacial score (nSPS) is 24.5. The van der Waals surface area contributed by atoms with Gasteiger partial charge in [-0.25, -0.2) is 0 Å². The van der Waals surface area contributed by atoms with E-state index < -0.39 is 23.3 Å². The van der Waals surface area contributed by atoms with Crippen molar-refractivity contribution in [2.24, 2.45) is 11.3 Å². The average Bonchev–Trinajstić information content (AvgIpc) is 2.21. The van der Waals surface area contributed by atoms with Crippen LogP contribution < -0.4 is 29.6 Å². The van der Waals surface area contributed by atoms with Gasteiger partial charge < -0.3 is 10.2 Å². The summed E-state index contributed by atoms with van der Waals surface area (Å²) in [6.45, 7) is 7.07. The van der Waals surface area contributed by atoms with E-state index in [1.165, 1.54) is 13.1 Å². The van der Waals surface area contributed by atoms with E-state index in [-0.39, 0.29) is 41.9 Å². The second-order valence-electron chi connectivity index (χ2n) is 4.18. The first-order valence-electron chi connectivity index (χ1n) is 5.07. The predicted molar refractivity (Wildman–Crippen MR) is 58.6 cm³/mol. The number of rotatable bonds is 3. The van der Waals surface area contributed by atoms with Crippen LogP contribution in [0.15, 0.2) is 12.7 Å². The second kappa shape index (κ2) is 5.80. The van der Waals surface area contributed by atoms with Gasteiger partial charge in [0.05, 0.1) is 5.41 Å². The Bertz CT molecular complexity index is 368. The minimum Gasteiger partial charge on any atom is -0.384 e. The number of amides is 4. The van der Waals surface area contributed by atoms with Crippen molar-refractivity contribution in [2.75, 3.05) is 7.05 Å². The molecule has 1 unspecified atom stereocenters. The maximum atomic E-state index is 12.1. The first-order valence-corrected chi connectivity index (χ1v) is 5.07. The molecular formula is C11H15N2NaO3. The van der Waals surface area contributed by atoms with Gasteiger partial charge >= 0.3 is 29.6 Å². The zero-order valence-corrected chi connectivity index (χ0v) is 12.7. The molecule has 0 spiro atoms. The molecule has 0 radical (unpaired) electrons. The van der Waals surface area contributed by atoms with Crippen molar-refractivity contribution in [1.29, 1.82) is 0 Å². The van der Waals surface area contributed by atoms with Gasteiger partial charge in [0, 0.05) is 0 Å². The topological polar surface area (TPSA) is 68.6 Å². The minimum absolute atomic E-state index is 0. The fraction of sp³-hybridized carbons (Fsp3) is 0.545. The van der Waals surface area contributed by atoms with Crippen LogP contribution in [0.3, 0.4) is 0 Å². The van der Waals surface area contributed by atoms with Gasteiger partial charge in [-0.3, -0.25) is 14.4 Å². The van der Waals surface area contributed by atoms with Crippen molar-refractivity contribution in [2.45, 2.75) is 20.3 Å². The smallest absolute Gasteiger partial charge is 0.384 e. The fourth-order valence-electron chi connectivity index (χ4n) is 1.87. The fourth-order valence-corrected chi connectivity index (χ4v) is 1.87. The SMILES string of the molecule is C=CCC1(C(C)C)C(=O)[N-]C(=O)N(C)C1=O.[Na+]. The van der Waals surface area contributed by atoms with Crippen molar-refractivity contribution < 1.29 is 43.9 Å². The van der Waals surface area contributed by atoms with Gasteiger partial charge in [-0.15, -0.1) is 6.58 Å². The summed E-state index contributed by atoms with van der Waals surface area (Å²) in [6, 6.07) is -0.796. The molecular weight excluding hydrogens is 231 g/mol. The van der Waals surface area contributed by atoms with Crippen LogP contribution in [0.1, 0.15) is 20.3 Å². The number of carbonyl (C=O) groups is 3. The molecule has 0 aromatic carbocycles. The zero-order chi connectivity index (χ0) is 12.5. The number of imide groups is 2. The van der Waals surface area contributed by atoms with Crippen molar-refractivity contribution >= 4 is 17.8 Å². The molecule has 88 valence electrons. The molecule has 1 heterocycles. The molecule has 1 saturated heterocycles. The van der Waals surface area contributed by atoms with Crippen molar-refractivity contribution in [3.8, 4) is 0 Å². The number of nitrogens with zero attached hydrogens (tertiary/aromatic N) is 2. The first-order chi connectivity index (χ1) is 7.37. The van der Waals surface area contributed by atoms with E-state index in [9.17, 15) is 14.4 Å². The van der Waals surface area contributed by atoms with E-state index in [2.05, 4.69) is 11.9 Å². The summed E-state index contributed by atoms with van der Waals surface area (Å²) in [6.07, 6.45) is 1.71. The van der Waals surface area contributed by atoms with Crippen LogP contribution in [-0.4, -0.2) is 29.8 Å². The van der Waals surface area contributed by atoms with Crippen LogP contribution in [0.4, 0.5) is 4.79 Å². The van der Waals surface area contributed by atoms with Crippen LogP contribution in [0.2, 0.25) is 0 Å². The van der Waals surface area contributed by atoms with E-state index >= 15 is 0 Å². The summed E-state index contributed by atoms with van der Waals surface area (Å²) in [4.78, 5) is 36.0. The molecule has 6 heteroatoms. The third-order valence-corrected chi connectivity index (χ3v) is 3.00. The molecule has 0 bridgehead atoms. The molecule has 0 saturated carbocycles. The number of urea groups is 1. The van der Waals surface area contributed by atoms with Gasteiger partial charge in [0.25, 0.3) is 0 Å². The summed E-state index contributed by atoms with van der Waals surface area (Å²) in [5, 5.41) is 3.39. The zero-order valence-electron chi connectivity index (χ0n) is 10.7. The maximum absolute atomic E-state index is 12.1. The van der Waals surface area contributed by atoms with Crippen molar-refractivity contribution in [1.82, 2.24) is 4.90 Å². The Balaban J connectivity index is 0.00000256. The molecule has 1 fully saturated rings. The quantitative estimate of drug-likeness (QED) is 0.353. The molecule has 1 atom stereocenters. The van der Waals surface area contributed by atoms with E-state index in [1.54, 1.807) is 13.8 Å².